The van der Waals surface area contributed by atoms with Gasteiger partial charge in [-0.15, -0.1) is 0 Å². The van der Waals surface area contributed by atoms with Gasteiger partial charge in [-0.25, -0.2) is 0 Å². The van der Waals surface area contributed by atoms with E-state index < -0.39 is 11.5 Å². The van der Waals surface area contributed by atoms with Gasteiger partial charge in [0.25, 0.3) is 0 Å². The number of hydrogen-bond donors (Lipinski definition) is 1. The molecule has 82 valence electrons. The molecular formula is C10H19NO3. The van der Waals surface area contributed by atoms with E-state index in [9.17, 15) is 4.79 Å². The first-order valence-corrected chi connectivity index (χ1v) is 4.80. The number of aliphatic carboxylic acids is 1. The van der Waals surface area contributed by atoms with Gasteiger partial charge in [0.2, 0.25) is 0 Å². The molecule has 0 aromatic carbocycles. The molecule has 1 aliphatic heterocycles. The van der Waals surface area contributed by atoms with Crippen molar-refractivity contribution in [3.8, 4) is 0 Å². The van der Waals surface area contributed by atoms with Crippen LogP contribution < -0.4 is 0 Å². The largest absolute Gasteiger partial charge is 0.481 e. The van der Waals surface area contributed by atoms with E-state index in [0.29, 0.717) is 6.42 Å². The Morgan fingerprint density at radius 1 is 1.43 bits per heavy atom. The Balaban J connectivity index is 3.04. The molecule has 1 heterocycles. The molecule has 1 atom stereocenters. The number of hydrogen-bond acceptors (Lipinski definition) is 3. The van der Waals surface area contributed by atoms with Crippen LogP contribution in [0, 0.1) is 5.92 Å². The summed E-state index contributed by atoms with van der Waals surface area (Å²) in [6.07, 6.45) is 0.614. The SMILES string of the molecule is CON1C(C)(C)CC(C(=O)O)C1(C)C. The fourth-order valence-corrected chi connectivity index (χ4v) is 2.63. The molecule has 14 heavy (non-hydrogen) atoms. The molecule has 0 saturated carbocycles. The Hall–Kier alpha value is -0.610. The minimum atomic E-state index is -0.748. The molecule has 4 nitrogen and oxygen atoms in total. The molecule has 0 bridgehead atoms. The predicted octanol–water partition coefficient (Wildman–Crippen LogP) is 1.51. The van der Waals surface area contributed by atoms with Crippen molar-refractivity contribution in [2.45, 2.75) is 45.2 Å². The third-order valence-electron chi connectivity index (χ3n) is 3.11. The lowest BCUT2D eigenvalue weighted by Gasteiger charge is -2.38. The molecule has 0 aromatic rings. The Morgan fingerprint density at radius 2 is 1.93 bits per heavy atom. The number of carbonyl (C=O) groups is 1. The number of carboxylic acid groups (broad SMARTS) is 1. The van der Waals surface area contributed by atoms with Crippen LogP contribution in [0.4, 0.5) is 0 Å². The number of rotatable bonds is 2. The maximum atomic E-state index is 11.1. The van der Waals surface area contributed by atoms with E-state index in [1.54, 1.807) is 12.2 Å². The van der Waals surface area contributed by atoms with Gasteiger partial charge < -0.3 is 9.94 Å². The van der Waals surface area contributed by atoms with Crippen LogP contribution in [-0.4, -0.2) is 34.3 Å². The summed E-state index contributed by atoms with van der Waals surface area (Å²) in [5, 5.41) is 10.9. The number of carboxylic acids is 1. The Bertz CT molecular complexity index is 248. The van der Waals surface area contributed by atoms with Gasteiger partial charge in [-0.2, -0.15) is 5.06 Å². The summed E-state index contributed by atoms with van der Waals surface area (Å²) in [6.45, 7) is 7.82. The normalized spacial score (nSPS) is 30.5. The second-order valence-electron chi connectivity index (χ2n) is 5.04. The maximum Gasteiger partial charge on any atom is 0.308 e. The molecule has 1 rings (SSSR count). The molecule has 0 amide bonds. The first-order chi connectivity index (χ1) is 6.23. The van der Waals surface area contributed by atoms with Crippen molar-refractivity contribution in [3.63, 3.8) is 0 Å². The highest BCUT2D eigenvalue weighted by Crippen LogP contribution is 2.44. The van der Waals surface area contributed by atoms with Gasteiger partial charge in [0.05, 0.1) is 18.6 Å². The van der Waals surface area contributed by atoms with Crippen LogP contribution in [0.5, 0.6) is 0 Å². The van der Waals surface area contributed by atoms with Crippen molar-refractivity contribution in [3.05, 3.63) is 0 Å². The zero-order valence-electron chi connectivity index (χ0n) is 9.50. The summed E-state index contributed by atoms with van der Waals surface area (Å²) in [5.41, 5.74) is -0.675. The topological polar surface area (TPSA) is 49.8 Å². The summed E-state index contributed by atoms with van der Waals surface area (Å²) in [6, 6.07) is 0. The standard InChI is InChI=1S/C10H19NO3/c1-9(2)6-7(8(12)13)10(3,4)11(9)14-5/h7H,6H2,1-5H3,(H,12,13). The fraction of sp³-hybridized carbons (Fsp3) is 0.900. The maximum absolute atomic E-state index is 11.1. The van der Waals surface area contributed by atoms with Gasteiger partial charge >= 0.3 is 5.97 Å². The van der Waals surface area contributed by atoms with Crippen molar-refractivity contribution < 1.29 is 14.7 Å². The van der Waals surface area contributed by atoms with Gasteiger partial charge in [0.15, 0.2) is 0 Å². The van der Waals surface area contributed by atoms with Gasteiger partial charge in [-0.05, 0) is 34.1 Å². The van der Waals surface area contributed by atoms with E-state index in [4.69, 9.17) is 9.94 Å². The Morgan fingerprint density at radius 3 is 2.14 bits per heavy atom. The van der Waals surface area contributed by atoms with Crippen molar-refractivity contribution in [2.75, 3.05) is 7.11 Å². The summed E-state index contributed by atoms with van der Waals surface area (Å²) in [4.78, 5) is 16.4. The van der Waals surface area contributed by atoms with E-state index in [2.05, 4.69) is 0 Å². The first kappa shape index (κ1) is 11.5. The van der Waals surface area contributed by atoms with E-state index in [-0.39, 0.29) is 11.5 Å². The van der Waals surface area contributed by atoms with Crippen LogP contribution in [0.25, 0.3) is 0 Å². The lowest BCUT2D eigenvalue weighted by Crippen LogP contribution is -2.49. The minimum absolute atomic E-state index is 0.221. The molecule has 0 spiro atoms. The fourth-order valence-electron chi connectivity index (χ4n) is 2.63. The second kappa shape index (κ2) is 3.21. The molecule has 1 unspecified atom stereocenters. The van der Waals surface area contributed by atoms with E-state index in [1.165, 1.54) is 0 Å². The summed E-state index contributed by atoms with van der Waals surface area (Å²) in [5.74, 6) is -1.12. The first-order valence-electron chi connectivity index (χ1n) is 4.80. The average Bonchev–Trinajstić information content (AvgIpc) is 2.17. The zero-order chi connectivity index (χ0) is 11.1. The highest BCUT2D eigenvalue weighted by Gasteiger charge is 2.55. The third kappa shape index (κ3) is 1.53. The second-order valence-corrected chi connectivity index (χ2v) is 5.04. The Labute approximate surface area is 84.8 Å². The van der Waals surface area contributed by atoms with E-state index in [0.717, 1.165) is 0 Å². The van der Waals surface area contributed by atoms with Gasteiger partial charge in [-0.3, -0.25) is 4.79 Å². The molecule has 1 saturated heterocycles. The molecule has 1 fully saturated rings. The van der Waals surface area contributed by atoms with Crippen LogP contribution in [0.1, 0.15) is 34.1 Å². The van der Waals surface area contributed by atoms with E-state index >= 15 is 0 Å². The van der Waals surface area contributed by atoms with Crippen LogP contribution in [0.15, 0.2) is 0 Å². The molecule has 0 aromatic heterocycles. The summed E-state index contributed by atoms with van der Waals surface area (Å²) in [7, 11) is 1.59. The average molecular weight is 201 g/mol. The van der Waals surface area contributed by atoms with Gasteiger partial charge in [-0.1, -0.05) is 0 Å². The highest BCUT2D eigenvalue weighted by molar-refractivity contribution is 5.72. The molecule has 0 radical (unpaired) electrons. The summed E-state index contributed by atoms with van der Waals surface area (Å²) < 4.78 is 0. The molecular weight excluding hydrogens is 182 g/mol. The lowest BCUT2D eigenvalue weighted by atomic mass is 9.87. The quantitative estimate of drug-likeness (QED) is 0.735. The Kier molecular flexibility index (Phi) is 2.63. The van der Waals surface area contributed by atoms with Crippen molar-refractivity contribution in [2.24, 2.45) is 5.92 Å². The van der Waals surface area contributed by atoms with Gasteiger partial charge in [0, 0.05) is 5.54 Å². The smallest absolute Gasteiger partial charge is 0.308 e. The van der Waals surface area contributed by atoms with Crippen LogP contribution >= 0.6 is 0 Å². The lowest BCUT2D eigenvalue weighted by molar-refractivity contribution is -0.224. The predicted molar refractivity (Wildman–Crippen MR) is 52.7 cm³/mol. The van der Waals surface area contributed by atoms with Gasteiger partial charge in [0.1, 0.15) is 0 Å². The monoisotopic (exact) mass is 201 g/mol. The van der Waals surface area contributed by atoms with Crippen molar-refractivity contribution >= 4 is 5.97 Å². The van der Waals surface area contributed by atoms with Crippen LogP contribution in [-0.2, 0) is 9.63 Å². The molecule has 1 N–H and O–H groups in total. The van der Waals surface area contributed by atoms with Crippen molar-refractivity contribution in [1.82, 2.24) is 5.06 Å². The van der Waals surface area contributed by atoms with Crippen molar-refractivity contribution in [1.29, 1.82) is 0 Å². The minimum Gasteiger partial charge on any atom is -0.481 e. The number of nitrogens with zero attached hydrogens (tertiary/aromatic N) is 1. The highest BCUT2D eigenvalue weighted by atomic mass is 16.7. The van der Waals surface area contributed by atoms with Crippen LogP contribution in [0.3, 0.4) is 0 Å². The zero-order valence-corrected chi connectivity index (χ0v) is 9.50. The molecule has 1 aliphatic rings. The van der Waals surface area contributed by atoms with E-state index in [1.807, 2.05) is 27.7 Å². The molecule has 0 aliphatic carbocycles. The molecule has 4 heteroatoms. The summed E-state index contributed by atoms with van der Waals surface area (Å²) >= 11 is 0. The van der Waals surface area contributed by atoms with Crippen LogP contribution in [0.2, 0.25) is 0 Å². The third-order valence-corrected chi connectivity index (χ3v) is 3.11. The number of hydroxylamine groups is 2.